The summed E-state index contributed by atoms with van der Waals surface area (Å²) in [5.74, 6) is -1.93. The van der Waals surface area contributed by atoms with Crippen LogP contribution in [0.3, 0.4) is 0 Å². The number of nitrogens with zero attached hydrogens (tertiary/aromatic N) is 1. The SMILES string of the molecule is Cc1cc(C(=O)COC(=O)CC2C=CS(=O)(=O)C2)c(C)n1-c1cccc(F)c1. The standard InChI is InChI=1S/C20H20FNO5S/c1-13-8-18(14(2)22(13)17-5-3-4-16(21)10-17)19(23)11-27-20(24)9-15-6-7-28(25,26)12-15/h3-8,10,15H,9,11-12H2,1-2H3. The summed E-state index contributed by atoms with van der Waals surface area (Å²) in [5, 5.41) is 1.09. The smallest absolute Gasteiger partial charge is 0.306 e. The van der Waals surface area contributed by atoms with E-state index in [1.54, 1.807) is 36.6 Å². The zero-order chi connectivity index (χ0) is 20.5. The Bertz CT molecular complexity index is 1070. The molecule has 2 aromatic rings. The maximum Gasteiger partial charge on any atom is 0.306 e. The highest BCUT2D eigenvalue weighted by Crippen LogP contribution is 2.22. The second kappa shape index (κ2) is 7.71. The lowest BCUT2D eigenvalue weighted by Gasteiger charge is -2.10. The number of ether oxygens (including phenoxy) is 1. The second-order valence-electron chi connectivity index (χ2n) is 6.81. The third kappa shape index (κ3) is 4.39. The number of Topliss-reactive ketones (excluding diaryl/α,β-unsaturated/α-hetero) is 1. The van der Waals surface area contributed by atoms with Crippen LogP contribution < -0.4 is 0 Å². The molecule has 0 spiro atoms. The summed E-state index contributed by atoms with van der Waals surface area (Å²) in [7, 11) is -3.24. The van der Waals surface area contributed by atoms with Crippen LogP contribution in [0, 0.1) is 25.6 Å². The van der Waals surface area contributed by atoms with E-state index in [9.17, 15) is 22.4 Å². The van der Waals surface area contributed by atoms with Crippen LogP contribution in [0.4, 0.5) is 4.39 Å². The van der Waals surface area contributed by atoms with E-state index in [0.717, 1.165) is 11.1 Å². The number of esters is 1. The molecule has 1 aliphatic heterocycles. The Kier molecular flexibility index (Phi) is 5.51. The van der Waals surface area contributed by atoms with Crippen molar-refractivity contribution >= 4 is 21.6 Å². The quantitative estimate of drug-likeness (QED) is 0.545. The van der Waals surface area contributed by atoms with Gasteiger partial charge in [-0.05, 0) is 38.1 Å². The molecular formula is C20H20FNO5S. The minimum absolute atomic E-state index is 0.0919. The zero-order valence-electron chi connectivity index (χ0n) is 15.5. The van der Waals surface area contributed by atoms with E-state index in [1.165, 1.54) is 18.2 Å². The van der Waals surface area contributed by atoms with Crippen LogP contribution in [0.5, 0.6) is 0 Å². The van der Waals surface area contributed by atoms with Gasteiger partial charge in [0.1, 0.15) is 5.82 Å². The average Bonchev–Trinajstić information content (AvgIpc) is 3.11. The van der Waals surface area contributed by atoms with Crippen molar-refractivity contribution in [2.24, 2.45) is 5.92 Å². The predicted molar refractivity (Wildman–Crippen MR) is 102 cm³/mol. The van der Waals surface area contributed by atoms with Crippen molar-refractivity contribution in [3.63, 3.8) is 0 Å². The van der Waals surface area contributed by atoms with Crippen molar-refractivity contribution in [2.45, 2.75) is 20.3 Å². The number of aryl methyl sites for hydroxylation is 1. The number of allylic oxidation sites excluding steroid dienone is 1. The molecule has 0 radical (unpaired) electrons. The maximum absolute atomic E-state index is 13.5. The molecule has 0 amide bonds. The Balaban J connectivity index is 1.66. The van der Waals surface area contributed by atoms with Gasteiger partial charge in [0.05, 0.1) is 12.2 Å². The van der Waals surface area contributed by atoms with Crippen LogP contribution >= 0.6 is 0 Å². The summed E-state index contributed by atoms with van der Waals surface area (Å²) in [6, 6.07) is 7.71. The second-order valence-corrected chi connectivity index (χ2v) is 8.74. The van der Waals surface area contributed by atoms with Crippen molar-refractivity contribution in [1.82, 2.24) is 4.57 Å². The van der Waals surface area contributed by atoms with Crippen LogP contribution in [0.25, 0.3) is 5.69 Å². The number of rotatable bonds is 6. The van der Waals surface area contributed by atoms with Gasteiger partial charge in [-0.25, -0.2) is 12.8 Å². The van der Waals surface area contributed by atoms with Gasteiger partial charge in [-0.2, -0.15) is 0 Å². The molecule has 148 valence electrons. The summed E-state index contributed by atoms with van der Waals surface area (Å²) < 4.78 is 43.0. The van der Waals surface area contributed by atoms with Gasteiger partial charge in [-0.1, -0.05) is 12.1 Å². The molecule has 0 N–H and O–H groups in total. The van der Waals surface area contributed by atoms with E-state index in [1.807, 2.05) is 0 Å². The molecule has 0 aliphatic carbocycles. The first-order valence-corrected chi connectivity index (χ1v) is 10.4. The number of sulfone groups is 1. The summed E-state index contributed by atoms with van der Waals surface area (Å²) in [6.45, 7) is 3.10. The number of aromatic nitrogens is 1. The van der Waals surface area contributed by atoms with Gasteiger partial charge in [-0.3, -0.25) is 9.59 Å². The Morgan fingerprint density at radius 3 is 2.64 bits per heavy atom. The monoisotopic (exact) mass is 405 g/mol. The summed E-state index contributed by atoms with van der Waals surface area (Å²) in [6.07, 6.45) is 1.37. The molecule has 2 heterocycles. The molecule has 28 heavy (non-hydrogen) atoms. The van der Waals surface area contributed by atoms with E-state index in [4.69, 9.17) is 4.74 Å². The minimum atomic E-state index is -3.24. The third-order valence-corrected chi connectivity index (χ3v) is 6.06. The Morgan fingerprint density at radius 1 is 1.25 bits per heavy atom. The number of hydrogen-bond donors (Lipinski definition) is 0. The topological polar surface area (TPSA) is 82.4 Å². The highest BCUT2D eigenvalue weighted by Gasteiger charge is 2.25. The fourth-order valence-electron chi connectivity index (χ4n) is 3.32. The van der Waals surface area contributed by atoms with Crippen LogP contribution in [-0.4, -0.2) is 37.1 Å². The largest absolute Gasteiger partial charge is 0.457 e. The Labute approximate surface area is 162 Å². The van der Waals surface area contributed by atoms with Crippen LogP contribution in [-0.2, 0) is 19.4 Å². The van der Waals surface area contributed by atoms with Gasteiger partial charge in [0, 0.05) is 34.0 Å². The lowest BCUT2D eigenvalue weighted by atomic mass is 10.1. The number of hydrogen-bond acceptors (Lipinski definition) is 5. The van der Waals surface area contributed by atoms with Gasteiger partial charge in [0.2, 0.25) is 5.78 Å². The molecule has 0 bridgehead atoms. The molecule has 3 rings (SSSR count). The molecule has 1 unspecified atom stereocenters. The molecule has 1 atom stereocenters. The third-order valence-electron chi connectivity index (χ3n) is 4.60. The average molecular weight is 405 g/mol. The van der Waals surface area contributed by atoms with Crippen molar-refractivity contribution in [3.8, 4) is 5.69 Å². The van der Waals surface area contributed by atoms with E-state index >= 15 is 0 Å². The Hall–Kier alpha value is -2.74. The van der Waals surface area contributed by atoms with E-state index in [-0.39, 0.29) is 23.8 Å². The van der Waals surface area contributed by atoms with Crippen LogP contribution in [0.2, 0.25) is 0 Å². The minimum Gasteiger partial charge on any atom is -0.457 e. The first kappa shape index (κ1) is 20.0. The Morgan fingerprint density at radius 2 is 2.00 bits per heavy atom. The zero-order valence-corrected chi connectivity index (χ0v) is 16.3. The summed E-state index contributed by atoms with van der Waals surface area (Å²) in [5.41, 5.74) is 2.35. The number of benzene rings is 1. The van der Waals surface area contributed by atoms with Gasteiger partial charge in [-0.15, -0.1) is 0 Å². The van der Waals surface area contributed by atoms with Crippen LogP contribution in [0.1, 0.15) is 28.2 Å². The lowest BCUT2D eigenvalue weighted by molar-refractivity contribution is -0.143. The van der Waals surface area contributed by atoms with Crippen molar-refractivity contribution < 1.29 is 27.1 Å². The molecule has 6 nitrogen and oxygen atoms in total. The number of carbonyl (C=O) groups is 2. The molecule has 1 aromatic carbocycles. The fraction of sp³-hybridized carbons (Fsp3) is 0.300. The highest BCUT2D eigenvalue weighted by atomic mass is 32.2. The summed E-state index contributed by atoms with van der Waals surface area (Å²) >= 11 is 0. The fourth-order valence-corrected chi connectivity index (χ4v) is 4.72. The van der Waals surface area contributed by atoms with Crippen LogP contribution in [0.15, 0.2) is 41.8 Å². The van der Waals surface area contributed by atoms with Gasteiger partial charge >= 0.3 is 5.97 Å². The van der Waals surface area contributed by atoms with Crippen molar-refractivity contribution in [2.75, 3.05) is 12.4 Å². The van der Waals surface area contributed by atoms with Crippen molar-refractivity contribution in [3.05, 3.63) is 64.6 Å². The normalized spacial score (nSPS) is 17.6. The lowest BCUT2D eigenvalue weighted by Crippen LogP contribution is -2.18. The highest BCUT2D eigenvalue weighted by molar-refractivity contribution is 7.94. The molecule has 1 aromatic heterocycles. The van der Waals surface area contributed by atoms with E-state index < -0.39 is 28.3 Å². The van der Waals surface area contributed by atoms with E-state index in [0.29, 0.717) is 16.9 Å². The number of halogens is 1. The van der Waals surface area contributed by atoms with E-state index in [2.05, 4.69) is 0 Å². The number of ketones is 1. The van der Waals surface area contributed by atoms with Gasteiger partial charge in [0.25, 0.3) is 0 Å². The summed E-state index contributed by atoms with van der Waals surface area (Å²) in [4.78, 5) is 24.4. The number of carbonyl (C=O) groups excluding carboxylic acids is 2. The van der Waals surface area contributed by atoms with Crippen molar-refractivity contribution in [1.29, 1.82) is 0 Å². The van der Waals surface area contributed by atoms with Gasteiger partial charge in [0.15, 0.2) is 16.4 Å². The first-order valence-electron chi connectivity index (χ1n) is 8.71. The molecular weight excluding hydrogens is 385 g/mol. The molecule has 0 fully saturated rings. The van der Waals surface area contributed by atoms with Gasteiger partial charge < -0.3 is 9.30 Å². The molecule has 1 aliphatic rings. The first-order chi connectivity index (χ1) is 13.2. The molecule has 0 saturated carbocycles. The molecule has 8 heteroatoms. The molecule has 0 saturated heterocycles. The maximum atomic E-state index is 13.5. The predicted octanol–water partition coefficient (Wildman–Crippen LogP) is 2.91.